The van der Waals surface area contributed by atoms with E-state index in [2.05, 4.69) is 11.7 Å². The van der Waals surface area contributed by atoms with E-state index in [9.17, 15) is 26.7 Å². The van der Waals surface area contributed by atoms with Crippen LogP contribution in [-0.4, -0.2) is 24.7 Å². The minimum atomic E-state index is -5.90. The minimum absolute atomic E-state index is 0.302. The number of hydrogen-bond acceptors (Lipinski definition) is 2. The molecule has 0 N–H and O–H groups in total. The number of ether oxygens (including phenoxy) is 1. The molecule has 0 saturated carbocycles. The van der Waals surface area contributed by atoms with Crippen LogP contribution in [0.4, 0.5) is 22.0 Å². The first-order chi connectivity index (χ1) is 10.7. The van der Waals surface area contributed by atoms with Gasteiger partial charge in [-0.3, -0.25) is 0 Å². The van der Waals surface area contributed by atoms with Crippen molar-refractivity contribution in [1.29, 1.82) is 0 Å². The maximum absolute atomic E-state index is 12.6. The van der Waals surface area contributed by atoms with Crippen molar-refractivity contribution in [2.75, 3.05) is 6.61 Å². The van der Waals surface area contributed by atoms with E-state index in [0.29, 0.717) is 12.8 Å². The number of halogens is 5. The van der Waals surface area contributed by atoms with Gasteiger partial charge in [0.15, 0.2) is 0 Å². The Morgan fingerprint density at radius 3 is 1.52 bits per heavy atom. The first-order valence-corrected chi connectivity index (χ1v) is 8.35. The summed E-state index contributed by atoms with van der Waals surface area (Å²) in [4.78, 5) is 10.7. The normalized spacial score (nSPS) is 12.4. The average Bonchev–Trinajstić information content (AvgIpc) is 2.47. The third-order valence-electron chi connectivity index (χ3n) is 3.59. The zero-order valence-electron chi connectivity index (χ0n) is 13.7. The Labute approximate surface area is 134 Å². The van der Waals surface area contributed by atoms with Gasteiger partial charge in [0, 0.05) is 0 Å². The molecule has 0 aliphatic heterocycles. The molecule has 0 fully saturated rings. The molecule has 0 spiro atoms. The van der Waals surface area contributed by atoms with Gasteiger partial charge in [0.2, 0.25) is 0 Å². The molecule has 0 heterocycles. The van der Waals surface area contributed by atoms with Crippen LogP contribution >= 0.6 is 0 Å². The Kier molecular flexibility index (Phi) is 11.2. The Hall–Kier alpha value is -0.880. The highest BCUT2D eigenvalue weighted by Crippen LogP contribution is 2.36. The molecular weight excluding hydrogens is 319 g/mol. The van der Waals surface area contributed by atoms with Crippen LogP contribution in [0.2, 0.25) is 0 Å². The van der Waals surface area contributed by atoms with Gasteiger partial charge in [-0.15, -0.1) is 0 Å². The summed E-state index contributed by atoms with van der Waals surface area (Å²) in [5, 5.41) is 0. The molecule has 0 aliphatic carbocycles. The van der Waals surface area contributed by atoms with Crippen molar-refractivity contribution in [2.45, 2.75) is 89.7 Å². The van der Waals surface area contributed by atoms with Crippen LogP contribution < -0.4 is 0 Å². The van der Waals surface area contributed by atoms with Crippen molar-refractivity contribution in [1.82, 2.24) is 0 Å². The lowest BCUT2D eigenvalue weighted by Gasteiger charge is -2.17. The third-order valence-corrected chi connectivity index (χ3v) is 3.59. The maximum atomic E-state index is 12.6. The van der Waals surface area contributed by atoms with E-state index in [4.69, 9.17) is 0 Å². The van der Waals surface area contributed by atoms with E-state index in [-0.39, 0.29) is 0 Å². The summed E-state index contributed by atoms with van der Waals surface area (Å²) < 4.78 is 64.7. The summed E-state index contributed by atoms with van der Waals surface area (Å²) in [5.74, 6) is -7.94. The zero-order valence-corrected chi connectivity index (χ0v) is 13.7. The number of unbranched alkanes of at least 4 members (excludes halogenated alkanes) is 10. The standard InChI is InChI=1S/C16H27F5O2/c1-2-3-4-5-6-7-8-9-10-11-12-13-23-14(22)15(17,18)16(19,20)21/h2-13H2,1H3. The lowest BCUT2D eigenvalue weighted by Crippen LogP contribution is -2.45. The predicted molar refractivity (Wildman–Crippen MR) is 78.4 cm³/mol. The quantitative estimate of drug-likeness (QED) is 0.231. The van der Waals surface area contributed by atoms with E-state index in [0.717, 1.165) is 25.7 Å². The Morgan fingerprint density at radius 1 is 0.739 bits per heavy atom. The van der Waals surface area contributed by atoms with E-state index in [1.807, 2.05) is 0 Å². The van der Waals surface area contributed by atoms with Gasteiger partial charge in [0.1, 0.15) is 0 Å². The molecule has 138 valence electrons. The Balaban J connectivity index is 3.48. The Bertz CT molecular complexity index is 316. The van der Waals surface area contributed by atoms with Crippen molar-refractivity contribution < 1.29 is 31.5 Å². The number of alkyl halides is 5. The van der Waals surface area contributed by atoms with Gasteiger partial charge in [-0.1, -0.05) is 71.1 Å². The van der Waals surface area contributed by atoms with Gasteiger partial charge in [-0.25, -0.2) is 4.79 Å². The Morgan fingerprint density at radius 2 is 1.13 bits per heavy atom. The van der Waals surface area contributed by atoms with Gasteiger partial charge >= 0.3 is 18.1 Å². The molecule has 2 nitrogen and oxygen atoms in total. The summed E-state index contributed by atoms with van der Waals surface area (Å²) in [6.45, 7) is 1.77. The largest absolute Gasteiger partial charge is 0.465 e. The molecule has 0 aliphatic rings. The molecule has 0 aromatic heterocycles. The molecule has 0 aromatic rings. The van der Waals surface area contributed by atoms with Crippen LogP contribution in [0.5, 0.6) is 0 Å². The molecule has 0 radical (unpaired) electrons. The highest BCUT2D eigenvalue weighted by Gasteiger charge is 2.64. The van der Waals surface area contributed by atoms with Crippen LogP contribution in [0.1, 0.15) is 77.6 Å². The van der Waals surface area contributed by atoms with Gasteiger partial charge in [0.25, 0.3) is 0 Å². The van der Waals surface area contributed by atoms with Crippen LogP contribution in [0.25, 0.3) is 0 Å². The van der Waals surface area contributed by atoms with E-state index >= 15 is 0 Å². The summed E-state index contributed by atoms with van der Waals surface area (Å²) in [6, 6.07) is 0. The van der Waals surface area contributed by atoms with Crippen LogP contribution in [-0.2, 0) is 9.53 Å². The van der Waals surface area contributed by atoms with Crippen molar-refractivity contribution in [2.24, 2.45) is 0 Å². The molecule has 0 amide bonds. The first kappa shape index (κ1) is 22.1. The molecule has 0 bridgehead atoms. The smallest absolute Gasteiger partial charge is 0.461 e. The van der Waals surface area contributed by atoms with Crippen LogP contribution in [0, 0.1) is 0 Å². The van der Waals surface area contributed by atoms with E-state index in [1.54, 1.807) is 0 Å². The summed E-state index contributed by atoms with van der Waals surface area (Å²) in [7, 11) is 0. The fourth-order valence-corrected chi connectivity index (χ4v) is 2.14. The molecule has 0 atom stereocenters. The van der Waals surface area contributed by atoms with Gasteiger partial charge in [0.05, 0.1) is 6.61 Å². The number of carbonyl (C=O) groups excluding carboxylic acids is 1. The van der Waals surface area contributed by atoms with Crippen molar-refractivity contribution >= 4 is 5.97 Å². The fraction of sp³-hybridized carbons (Fsp3) is 0.938. The lowest BCUT2D eigenvalue weighted by atomic mass is 10.1. The second-order valence-electron chi connectivity index (χ2n) is 5.74. The SMILES string of the molecule is CCCCCCCCCCCCCOC(=O)C(F)(F)C(F)(F)F. The highest BCUT2D eigenvalue weighted by atomic mass is 19.4. The first-order valence-electron chi connectivity index (χ1n) is 8.35. The van der Waals surface area contributed by atoms with E-state index < -0.39 is 24.7 Å². The van der Waals surface area contributed by atoms with Crippen molar-refractivity contribution in [3.8, 4) is 0 Å². The second-order valence-corrected chi connectivity index (χ2v) is 5.74. The molecule has 0 saturated heterocycles. The lowest BCUT2D eigenvalue weighted by molar-refractivity contribution is -0.280. The number of rotatable bonds is 13. The molecule has 0 rings (SSSR count). The number of esters is 1. The molecule has 7 heteroatoms. The van der Waals surface area contributed by atoms with Crippen LogP contribution in [0.3, 0.4) is 0 Å². The zero-order chi connectivity index (χ0) is 17.8. The molecule has 0 unspecified atom stereocenters. The summed E-state index contributed by atoms with van der Waals surface area (Å²) >= 11 is 0. The number of hydrogen-bond donors (Lipinski definition) is 0. The van der Waals surface area contributed by atoms with Crippen molar-refractivity contribution in [3.63, 3.8) is 0 Å². The molecule has 0 aromatic carbocycles. The van der Waals surface area contributed by atoms with Gasteiger partial charge < -0.3 is 4.74 Å². The summed E-state index contributed by atoms with van der Waals surface area (Å²) in [6.07, 6.45) is 5.40. The second kappa shape index (κ2) is 11.6. The predicted octanol–water partition coefficient (Wildman–Crippen LogP) is 6.04. The van der Waals surface area contributed by atoms with Crippen molar-refractivity contribution in [3.05, 3.63) is 0 Å². The monoisotopic (exact) mass is 346 g/mol. The summed E-state index contributed by atoms with van der Waals surface area (Å²) in [5.41, 5.74) is 0. The highest BCUT2D eigenvalue weighted by molar-refractivity contribution is 5.78. The third kappa shape index (κ3) is 9.76. The minimum Gasteiger partial charge on any atom is -0.461 e. The molecule has 23 heavy (non-hydrogen) atoms. The average molecular weight is 346 g/mol. The fourth-order valence-electron chi connectivity index (χ4n) is 2.14. The van der Waals surface area contributed by atoms with Gasteiger partial charge in [-0.2, -0.15) is 22.0 Å². The van der Waals surface area contributed by atoms with Crippen LogP contribution in [0.15, 0.2) is 0 Å². The topological polar surface area (TPSA) is 26.3 Å². The van der Waals surface area contributed by atoms with Gasteiger partial charge in [-0.05, 0) is 6.42 Å². The van der Waals surface area contributed by atoms with E-state index in [1.165, 1.54) is 32.1 Å². The maximum Gasteiger partial charge on any atom is 0.465 e. The number of carbonyl (C=O) groups is 1. The molecular formula is C16H27F5O2.